The maximum absolute atomic E-state index is 13.4. The Morgan fingerprint density at radius 1 is 0.893 bits per heavy atom. The topological polar surface area (TPSA) is 67.3 Å². The highest BCUT2D eigenvalue weighted by atomic mass is 19.4. The number of carbonyl (C=O) groups excluding carboxylic acids is 1. The molecule has 8 heteroatoms. The number of carboxylic acids is 1. The Labute approximate surface area is 156 Å². The number of aromatic carboxylic acids is 1. The number of pyridine rings is 1. The van der Waals surface area contributed by atoms with Crippen LogP contribution in [0.25, 0.3) is 11.1 Å². The van der Waals surface area contributed by atoms with E-state index in [-0.39, 0.29) is 11.3 Å². The second kappa shape index (κ2) is 7.22. The van der Waals surface area contributed by atoms with E-state index >= 15 is 0 Å². The zero-order valence-corrected chi connectivity index (χ0v) is 14.0. The second-order valence-corrected chi connectivity index (χ2v) is 5.83. The summed E-state index contributed by atoms with van der Waals surface area (Å²) >= 11 is 0. The molecule has 0 aliphatic heterocycles. The maximum atomic E-state index is 13.4. The van der Waals surface area contributed by atoms with E-state index in [0.29, 0.717) is 29.3 Å². The number of aromatic nitrogens is 1. The summed E-state index contributed by atoms with van der Waals surface area (Å²) in [6.45, 7) is 0. The van der Waals surface area contributed by atoms with Gasteiger partial charge in [0.25, 0.3) is 0 Å². The van der Waals surface area contributed by atoms with Crippen molar-refractivity contribution in [3.8, 4) is 11.1 Å². The Bertz CT molecular complexity index is 1040. The zero-order chi connectivity index (χ0) is 20.5. The van der Waals surface area contributed by atoms with Gasteiger partial charge in [0.05, 0.1) is 5.56 Å². The summed E-state index contributed by atoms with van der Waals surface area (Å²) in [5.41, 5.74) is -1.03. The van der Waals surface area contributed by atoms with Crippen molar-refractivity contribution >= 4 is 11.8 Å². The quantitative estimate of drug-likeness (QED) is 0.512. The van der Waals surface area contributed by atoms with Crippen LogP contribution >= 0.6 is 0 Å². The van der Waals surface area contributed by atoms with Crippen molar-refractivity contribution in [3.05, 3.63) is 89.0 Å². The van der Waals surface area contributed by atoms with E-state index in [0.717, 1.165) is 0 Å². The predicted molar refractivity (Wildman–Crippen MR) is 91.5 cm³/mol. The zero-order valence-electron chi connectivity index (χ0n) is 14.0. The molecule has 0 bridgehead atoms. The molecule has 1 N–H and O–H groups in total. The van der Waals surface area contributed by atoms with Gasteiger partial charge in [0.15, 0.2) is 5.78 Å². The van der Waals surface area contributed by atoms with Crippen LogP contribution in [0.2, 0.25) is 0 Å². The molecule has 0 spiro atoms. The number of carboxylic acid groups (broad SMARTS) is 1. The molecule has 0 aliphatic carbocycles. The molecule has 0 saturated carbocycles. The van der Waals surface area contributed by atoms with Gasteiger partial charge in [0.2, 0.25) is 0 Å². The number of hydrogen-bond acceptors (Lipinski definition) is 3. The summed E-state index contributed by atoms with van der Waals surface area (Å²) in [6.07, 6.45) is -3.47. The van der Waals surface area contributed by atoms with Gasteiger partial charge < -0.3 is 5.11 Å². The van der Waals surface area contributed by atoms with Gasteiger partial charge in [-0.25, -0.2) is 14.2 Å². The van der Waals surface area contributed by atoms with Gasteiger partial charge in [0, 0.05) is 22.9 Å². The highest BCUT2D eigenvalue weighted by Gasteiger charge is 2.35. The van der Waals surface area contributed by atoms with E-state index in [2.05, 4.69) is 4.98 Å². The molecule has 28 heavy (non-hydrogen) atoms. The lowest BCUT2D eigenvalue weighted by Crippen LogP contribution is -2.14. The number of carbonyl (C=O) groups is 2. The number of ketones is 1. The van der Waals surface area contributed by atoms with Gasteiger partial charge in [-0.1, -0.05) is 30.3 Å². The average molecular weight is 389 g/mol. The minimum absolute atomic E-state index is 0.0463. The van der Waals surface area contributed by atoms with Gasteiger partial charge >= 0.3 is 12.1 Å². The lowest BCUT2D eigenvalue weighted by molar-refractivity contribution is -0.137. The molecule has 0 aliphatic rings. The molecule has 4 nitrogen and oxygen atoms in total. The summed E-state index contributed by atoms with van der Waals surface area (Å²) < 4.78 is 52.7. The molecule has 142 valence electrons. The normalized spacial score (nSPS) is 11.3. The van der Waals surface area contributed by atoms with Gasteiger partial charge in [-0.15, -0.1) is 0 Å². The summed E-state index contributed by atoms with van der Waals surface area (Å²) in [5, 5.41) is 8.84. The fourth-order valence-electron chi connectivity index (χ4n) is 2.61. The van der Waals surface area contributed by atoms with E-state index in [4.69, 9.17) is 5.11 Å². The van der Waals surface area contributed by atoms with Crippen molar-refractivity contribution in [1.29, 1.82) is 0 Å². The molecule has 0 fully saturated rings. The van der Waals surface area contributed by atoms with Crippen molar-refractivity contribution in [2.24, 2.45) is 0 Å². The summed E-state index contributed by atoms with van der Waals surface area (Å²) in [4.78, 5) is 27.1. The molecule has 0 amide bonds. The number of rotatable bonds is 4. The number of hydrogen-bond donors (Lipinski definition) is 1. The minimum atomic E-state index is -4.80. The van der Waals surface area contributed by atoms with Crippen LogP contribution in [0.4, 0.5) is 17.6 Å². The van der Waals surface area contributed by atoms with E-state index in [1.807, 2.05) is 0 Å². The monoisotopic (exact) mass is 389 g/mol. The number of benzene rings is 2. The molecule has 1 heterocycles. The lowest BCUT2D eigenvalue weighted by atomic mass is 9.96. The molecule has 0 saturated heterocycles. The molecular formula is C20H11F4NO3. The third-order valence-corrected chi connectivity index (χ3v) is 3.99. The Hall–Kier alpha value is -3.55. The van der Waals surface area contributed by atoms with Crippen LogP contribution in [0.3, 0.4) is 0 Å². The smallest absolute Gasteiger partial charge is 0.417 e. The molecule has 0 unspecified atom stereocenters. The first-order valence-electron chi connectivity index (χ1n) is 7.88. The van der Waals surface area contributed by atoms with E-state index in [9.17, 15) is 27.2 Å². The van der Waals surface area contributed by atoms with Crippen LogP contribution < -0.4 is 0 Å². The molecule has 3 aromatic rings. The third kappa shape index (κ3) is 3.90. The molecular weight excluding hydrogens is 378 g/mol. The molecule has 0 atom stereocenters. The second-order valence-electron chi connectivity index (χ2n) is 5.83. The Kier molecular flexibility index (Phi) is 4.96. The molecule has 2 aromatic carbocycles. The Morgan fingerprint density at radius 2 is 1.54 bits per heavy atom. The summed E-state index contributed by atoms with van der Waals surface area (Å²) in [5.74, 6) is -3.08. The van der Waals surface area contributed by atoms with Gasteiger partial charge in [-0.2, -0.15) is 13.2 Å². The SMILES string of the molecule is O=C(O)c1ccc(-c2ccc(C(=O)c3cc(F)ccc3C(F)(F)F)cc2)cn1. The van der Waals surface area contributed by atoms with Crippen LogP contribution in [0.5, 0.6) is 0 Å². The van der Waals surface area contributed by atoms with Crippen LogP contribution in [0, 0.1) is 5.82 Å². The van der Waals surface area contributed by atoms with Crippen LogP contribution in [-0.4, -0.2) is 21.8 Å². The summed E-state index contributed by atoms with van der Waals surface area (Å²) in [6, 6.07) is 10.2. The Morgan fingerprint density at radius 3 is 2.07 bits per heavy atom. The number of alkyl halides is 3. The predicted octanol–water partition coefficient (Wildman–Crippen LogP) is 4.84. The fraction of sp³-hybridized carbons (Fsp3) is 0.0500. The highest BCUT2D eigenvalue weighted by Crippen LogP contribution is 2.33. The van der Waals surface area contributed by atoms with Gasteiger partial charge in [-0.05, 0) is 29.8 Å². The first-order valence-corrected chi connectivity index (χ1v) is 7.88. The standard InChI is InChI=1S/C20H11F4NO3/c21-14-6-7-16(20(22,23)24)15(9-14)18(26)12-3-1-11(2-4-12)13-5-8-17(19(27)28)25-10-13/h1-10H,(H,27,28). The third-order valence-electron chi connectivity index (χ3n) is 3.99. The van der Waals surface area contributed by atoms with E-state index < -0.39 is 34.9 Å². The highest BCUT2D eigenvalue weighted by molar-refractivity contribution is 6.10. The number of halogens is 4. The molecule has 1 aromatic heterocycles. The van der Waals surface area contributed by atoms with Gasteiger partial charge in [0.1, 0.15) is 11.5 Å². The van der Waals surface area contributed by atoms with Crippen LogP contribution in [0.15, 0.2) is 60.8 Å². The van der Waals surface area contributed by atoms with Crippen molar-refractivity contribution in [3.63, 3.8) is 0 Å². The van der Waals surface area contributed by atoms with Crippen molar-refractivity contribution in [2.75, 3.05) is 0 Å². The van der Waals surface area contributed by atoms with Crippen molar-refractivity contribution < 1.29 is 32.3 Å². The maximum Gasteiger partial charge on any atom is 0.417 e. The van der Waals surface area contributed by atoms with E-state index in [1.165, 1.54) is 42.6 Å². The molecule has 3 rings (SSSR count). The van der Waals surface area contributed by atoms with Crippen LogP contribution in [-0.2, 0) is 6.18 Å². The molecule has 0 radical (unpaired) electrons. The Balaban J connectivity index is 1.93. The largest absolute Gasteiger partial charge is 0.477 e. The fourth-order valence-corrected chi connectivity index (χ4v) is 2.61. The summed E-state index contributed by atoms with van der Waals surface area (Å²) in [7, 11) is 0. The average Bonchev–Trinajstić information content (AvgIpc) is 2.66. The van der Waals surface area contributed by atoms with Crippen molar-refractivity contribution in [2.45, 2.75) is 6.18 Å². The first-order chi connectivity index (χ1) is 13.2. The lowest BCUT2D eigenvalue weighted by Gasteiger charge is -2.12. The number of nitrogens with zero attached hydrogens (tertiary/aromatic N) is 1. The van der Waals surface area contributed by atoms with Gasteiger partial charge in [-0.3, -0.25) is 4.79 Å². The van der Waals surface area contributed by atoms with E-state index in [1.54, 1.807) is 0 Å². The first kappa shape index (κ1) is 19.2. The minimum Gasteiger partial charge on any atom is -0.477 e. The van der Waals surface area contributed by atoms with Crippen molar-refractivity contribution in [1.82, 2.24) is 4.98 Å². The van der Waals surface area contributed by atoms with Crippen LogP contribution in [0.1, 0.15) is 32.0 Å².